The van der Waals surface area contributed by atoms with Crippen LogP contribution in [0.25, 0.3) is 11.1 Å². The van der Waals surface area contributed by atoms with Gasteiger partial charge in [-0.1, -0.05) is 62.4 Å². The summed E-state index contributed by atoms with van der Waals surface area (Å²) >= 11 is 0. The summed E-state index contributed by atoms with van der Waals surface area (Å²) in [4.78, 5) is 36.9. The summed E-state index contributed by atoms with van der Waals surface area (Å²) in [6, 6.07) is 14.5. The normalized spacial score (nSPS) is 20.7. The fraction of sp³-hybridized carbons (Fsp3) is 0.444. The van der Waals surface area contributed by atoms with Gasteiger partial charge in [0, 0.05) is 24.0 Å². The van der Waals surface area contributed by atoms with Crippen molar-refractivity contribution in [3.8, 4) is 11.1 Å². The first-order valence-corrected chi connectivity index (χ1v) is 12.0. The number of fused-ring (bicyclic) bond motifs is 3. The fourth-order valence-corrected chi connectivity index (χ4v) is 5.05. The van der Waals surface area contributed by atoms with E-state index in [4.69, 9.17) is 9.47 Å². The largest absolute Gasteiger partial charge is 0.481 e. The van der Waals surface area contributed by atoms with Crippen LogP contribution in [-0.2, 0) is 19.1 Å². The topological polar surface area (TPSA) is 114 Å². The summed E-state index contributed by atoms with van der Waals surface area (Å²) in [6.45, 7) is 6.57. The molecular formula is C27H32N2O6. The first-order valence-electron chi connectivity index (χ1n) is 12.0. The van der Waals surface area contributed by atoms with Crippen molar-refractivity contribution in [2.45, 2.75) is 57.7 Å². The van der Waals surface area contributed by atoms with Gasteiger partial charge < -0.3 is 25.2 Å². The molecule has 8 heteroatoms. The summed E-state index contributed by atoms with van der Waals surface area (Å²) in [7, 11) is 0. The summed E-state index contributed by atoms with van der Waals surface area (Å²) in [5.41, 5.74) is 4.06. The Labute approximate surface area is 205 Å². The van der Waals surface area contributed by atoms with E-state index in [-0.39, 0.29) is 30.1 Å². The predicted molar refractivity (Wildman–Crippen MR) is 130 cm³/mol. The van der Waals surface area contributed by atoms with Gasteiger partial charge in [-0.05, 0) is 35.6 Å². The number of ether oxygens (including phenoxy) is 2. The number of carbonyl (C=O) groups is 3. The number of aliphatic carboxylic acids is 1. The molecule has 2 aliphatic rings. The molecule has 2 aliphatic carbocycles. The highest BCUT2D eigenvalue weighted by Gasteiger charge is 2.50. The minimum absolute atomic E-state index is 0.0193. The molecule has 4 rings (SSSR count). The Morgan fingerprint density at radius 3 is 2.20 bits per heavy atom. The summed E-state index contributed by atoms with van der Waals surface area (Å²) in [5, 5.41) is 14.6. The number of hydrogen-bond donors (Lipinski definition) is 3. The van der Waals surface area contributed by atoms with Crippen molar-refractivity contribution in [3.63, 3.8) is 0 Å². The quantitative estimate of drug-likeness (QED) is 0.504. The van der Waals surface area contributed by atoms with Crippen LogP contribution in [-0.4, -0.2) is 54.5 Å². The van der Waals surface area contributed by atoms with E-state index in [2.05, 4.69) is 10.6 Å². The van der Waals surface area contributed by atoms with Gasteiger partial charge in [-0.2, -0.15) is 0 Å². The van der Waals surface area contributed by atoms with Crippen molar-refractivity contribution in [2.75, 3.05) is 13.2 Å². The van der Waals surface area contributed by atoms with E-state index in [0.29, 0.717) is 13.0 Å². The lowest BCUT2D eigenvalue weighted by Gasteiger charge is -2.51. The van der Waals surface area contributed by atoms with Gasteiger partial charge in [0.2, 0.25) is 5.91 Å². The molecule has 0 radical (unpaired) electrons. The van der Waals surface area contributed by atoms with Gasteiger partial charge in [-0.15, -0.1) is 0 Å². The number of alkyl carbamates (subject to hydrolysis) is 1. The molecule has 35 heavy (non-hydrogen) atoms. The minimum atomic E-state index is -1.25. The van der Waals surface area contributed by atoms with Crippen molar-refractivity contribution in [1.29, 1.82) is 0 Å². The van der Waals surface area contributed by atoms with E-state index in [9.17, 15) is 19.5 Å². The lowest BCUT2D eigenvalue weighted by molar-refractivity contribution is -0.143. The molecule has 2 amide bonds. The lowest BCUT2D eigenvalue weighted by Crippen LogP contribution is -2.64. The highest BCUT2D eigenvalue weighted by Crippen LogP contribution is 2.44. The molecule has 3 unspecified atom stereocenters. The highest BCUT2D eigenvalue weighted by molar-refractivity contribution is 5.89. The second kappa shape index (κ2) is 10.1. The standard InChI is InChI=1S/C27H32N2O6/c1-4-34-23-14-22(27(23,2)3)29-25(32)21(13-24(30)31)28-26(33)35-15-20-18-11-7-5-9-16(18)17-10-6-8-12-19(17)20/h5-12,20-23H,4,13-15H2,1-3H3,(H,28,33)(H,29,32)(H,30,31). The molecule has 0 aliphatic heterocycles. The Hall–Kier alpha value is -3.39. The van der Waals surface area contributed by atoms with Crippen LogP contribution in [0.5, 0.6) is 0 Å². The third-order valence-corrected chi connectivity index (χ3v) is 7.19. The van der Waals surface area contributed by atoms with Crippen LogP contribution in [0.3, 0.4) is 0 Å². The maximum atomic E-state index is 12.9. The third-order valence-electron chi connectivity index (χ3n) is 7.19. The monoisotopic (exact) mass is 480 g/mol. The highest BCUT2D eigenvalue weighted by atomic mass is 16.5. The molecule has 2 aromatic carbocycles. The number of carbonyl (C=O) groups excluding carboxylic acids is 2. The van der Waals surface area contributed by atoms with Crippen LogP contribution in [0.4, 0.5) is 4.79 Å². The number of nitrogens with one attached hydrogen (secondary N) is 2. The molecule has 0 saturated heterocycles. The number of benzene rings is 2. The van der Waals surface area contributed by atoms with E-state index in [1.54, 1.807) is 0 Å². The Bertz CT molecular complexity index is 1070. The van der Waals surface area contributed by atoms with Crippen LogP contribution < -0.4 is 10.6 Å². The predicted octanol–water partition coefficient (Wildman–Crippen LogP) is 3.69. The first kappa shape index (κ1) is 24.7. The number of hydrogen-bond acceptors (Lipinski definition) is 5. The van der Waals surface area contributed by atoms with Gasteiger partial charge in [0.05, 0.1) is 12.5 Å². The Morgan fingerprint density at radius 2 is 1.66 bits per heavy atom. The molecule has 0 spiro atoms. The summed E-state index contributed by atoms with van der Waals surface area (Å²) in [6.07, 6.45) is -0.714. The van der Waals surface area contributed by atoms with Crippen molar-refractivity contribution in [1.82, 2.24) is 10.6 Å². The van der Waals surface area contributed by atoms with Crippen LogP contribution in [0.2, 0.25) is 0 Å². The van der Waals surface area contributed by atoms with Gasteiger partial charge >= 0.3 is 12.1 Å². The van der Waals surface area contributed by atoms with Gasteiger partial charge in [-0.25, -0.2) is 4.79 Å². The van der Waals surface area contributed by atoms with Crippen molar-refractivity contribution in [2.24, 2.45) is 5.41 Å². The van der Waals surface area contributed by atoms with Crippen LogP contribution in [0, 0.1) is 5.41 Å². The van der Waals surface area contributed by atoms with E-state index in [1.807, 2.05) is 69.3 Å². The number of amides is 2. The fourth-order valence-electron chi connectivity index (χ4n) is 5.05. The second-order valence-corrected chi connectivity index (χ2v) is 9.68. The molecular weight excluding hydrogens is 448 g/mol. The lowest BCUT2D eigenvalue weighted by atomic mass is 9.64. The smallest absolute Gasteiger partial charge is 0.407 e. The number of carboxylic acid groups (broad SMARTS) is 1. The maximum Gasteiger partial charge on any atom is 0.407 e. The van der Waals surface area contributed by atoms with E-state index < -0.39 is 30.4 Å². The molecule has 186 valence electrons. The average Bonchev–Trinajstić information content (AvgIpc) is 3.15. The Balaban J connectivity index is 1.38. The molecule has 3 N–H and O–H groups in total. The van der Waals surface area contributed by atoms with Gasteiger partial charge in [0.1, 0.15) is 12.6 Å². The molecule has 0 heterocycles. The van der Waals surface area contributed by atoms with E-state index in [0.717, 1.165) is 22.3 Å². The molecule has 0 aromatic heterocycles. The van der Waals surface area contributed by atoms with Crippen LogP contribution in [0.1, 0.15) is 50.7 Å². The van der Waals surface area contributed by atoms with Gasteiger partial charge in [-0.3, -0.25) is 9.59 Å². The Morgan fingerprint density at radius 1 is 1.06 bits per heavy atom. The second-order valence-electron chi connectivity index (χ2n) is 9.68. The molecule has 3 atom stereocenters. The molecule has 2 aromatic rings. The molecule has 0 bridgehead atoms. The average molecular weight is 481 g/mol. The summed E-state index contributed by atoms with van der Waals surface area (Å²) in [5.74, 6) is -1.87. The molecule has 1 fully saturated rings. The molecule has 1 saturated carbocycles. The van der Waals surface area contributed by atoms with Crippen LogP contribution in [0.15, 0.2) is 48.5 Å². The third kappa shape index (κ3) is 5.03. The van der Waals surface area contributed by atoms with E-state index >= 15 is 0 Å². The number of rotatable bonds is 9. The zero-order valence-electron chi connectivity index (χ0n) is 20.2. The maximum absolute atomic E-state index is 12.9. The van der Waals surface area contributed by atoms with E-state index in [1.165, 1.54) is 0 Å². The SMILES string of the molecule is CCOC1CC(NC(=O)C(CC(=O)O)NC(=O)OCC2c3ccccc3-c3ccccc32)C1(C)C. The number of carboxylic acids is 1. The summed E-state index contributed by atoms with van der Waals surface area (Å²) < 4.78 is 11.2. The zero-order valence-corrected chi connectivity index (χ0v) is 20.2. The van der Waals surface area contributed by atoms with Gasteiger partial charge in [0.25, 0.3) is 0 Å². The Kier molecular flexibility index (Phi) is 7.12. The molecule has 8 nitrogen and oxygen atoms in total. The van der Waals surface area contributed by atoms with Crippen molar-refractivity contribution < 1.29 is 29.0 Å². The first-order chi connectivity index (χ1) is 16.7. The van der Waals surface area contributed by atoms with Gasteiger partial charge in [0.15, 0.2) is 0 Å². The van der Waals surface area contributed by atoms with Crippen molar-refractivity contribution >= 4 is 18.0 Å². The minimum Gasteiger partial charge on any atom is -0.481 e. The van der Waals surface area contributed by atoms with Crippen LogP contribution >= 0.6 is 0 Å². The zero-order chi connectivity index (χ0) is 25.2. The van der Waals surface area contributed by atoms with Crippen molar-refractivity contribution in [3.05, 3.63) is 59.7 Å².